The Morgan fingerprint density at radius 3 is 1.73 bits per heavy atom. The Kier molecular flexibility index (Phi) is 5.76. The number of hydrogen-bond acceptors (Lipinski definition) is 5. The number of hydrogen-bond donors (Lipinski definition) is 0. The Bertz CT molecular complexity index is 1670. The molecule has 0 saturated carbocycles. The molecule has 3 aliphatic carbocycles. The van der Waals surface area contributed by atoms with Gasteiger partial charge in [-0.2, -0.15) is 5.01 Å². The number of para-hydroxylation sites is 1. The first-order valence-corrected chi connectivity index (χ1v) is 13.6. The summed E-state index contributed by atoms with van der Waals surface area (Å²) in [6.45, 7) is -0.368. The zero-order chi connectivity index (χ0) is 28.4. The number of nitro groups is 1. The van der Waals surface area contributed by atoms with E-state index in [1.807, 2.05) is 48.5 Å². The number of nitro benzene ring substituents is 1. The van der Waals surface area contributed by atoms with E-state index in [1.54, 1.807) is 24.3 Å². The van der Waals surface area contributed by atoms with Crippen LogP contribution in [0.5, 0.6) is 0 Å². The van der Waals surface area contributed by atoms with Crippen molar-refractivity contribution in [3.05, 3.63) is 146 Å². The highest BCUT2D eigenvalue weighted by molar-refractivity contribution is 6.33. The van der Waals surface area contributed by atoms with Crippen molar-refractivity contribution in [3.8, 4) is 0 Å². The van der Waals surface area contributed by atoms with Gasteiger partial charge in [0, 0.05) is 17.9 Å². The van der Waals surface area contributed by atoms with Crippen molar-refractivity contribution in [2.45, 2.75) is 18.4 Å². The summed E-state index contributed by atoms with van der Waals surface area (Å²) in [5, 5.41) is 13.9. The van der Waals surface area contributed by atoms with Gasteiger partial charge in [0.05, 0.1) is 39.5 Å². The lowest BCUT2D eigenvalue weighted by atomic mass is 9.55. The van der Waals surface area contributed by atoms with Crippen LogP contribution in [0.4, 0.5) is 5.69 Å². The van der Waals surface area contributed by atoms with E-state index in [0.717, 1.165) is 32.3 Å². The highest BCUT2D eigenvalue weighted by atomic mass is 35.5. The lowest BCUT2D eigenvalue weighted by molar-refractivity contribution is -0.385. The van der Waals surface area contributed by atoms with E-state index in [9.17, 15) is 24.5 Å². The molecule has 3 amide bonds. The Morgan fingerprint density at radius 2 is 1.22 bits per heavy atom. The molecule has 2 atom stereocenters. The molecule has 8 nitrogen and oxygen atoms in total. The molecule has 1 saturated heterocycles. The van der Waals surface area contributed by atoms with Crippen LogP contribution in [0.2, 0.25) is 5.02 Å². The van der Waals surface area contributed by atoms with Gasteiger partial charge in [-0.25, -0.2) is 5.01 Å². The summed E-state index contributed by atoms with van der Waals surface area (Å²) in [6.07, 6.45) is 0. The second kappa shape index (κ2) is 9.38. The minimum absolute atomic E-state index is 0.0813. The van der Waals surface area contributed by atoms with Crippen LogP contribution in [0.15, 0.2) is 97.1 Å². The fourth-order valence-corrected chi connectivity index (χ4v) is 7.11. The van der Waals surface area contributed by atoms with Gasteiger partial charge >= 0.3 is 0 Å². The molecule has 9 heteroatoms. The maximum absolute atomic E-state index is 14.4. The highest BCUT2D eigenvalue weighted by Crippen LogP contribution is 2.61. The zero-order valence-electron chi connectivity index (χ0n) is 21.5. The van der Waals surface area contributed by atoms with Crippen LogP contribution in [0.25, 0.3) is 0 Å². The molecular formula is C32H22ClN3O5. The zero-order valence-corrected chi connectivity index (χ0v) is 22.3. The average molecular weight is 564 g/mol. The predicted molar refractivity (Wildman–Crippen MR) is 150 cm³/mol. The molecule has 4 aliphatic rings. The van der Waals surface area contributed by atoms with E-state index in [0.29, 0.717) is 0 Å². The molecule has 41 heavy (non-hydrogen) atoms. The molecule has 4 aromatic carbocycles. The van der Waals surface area contributed by atoms with Crippen molar-refractivity contribution in [1.29, 1.82) is 0 Å². The second-order valence-electron chi connectivity index (χ2n) is 10.5. The normalized spacial score (nSPS) is 21.7. The van der Waals surface area contributed by atoms with Gasteiger partial charge in [-0.05, 0) is 34.4 Å². The topological polar surface area (TPSA) is 101 Å². The number of carbonyl (C=O) groups is 3. The standard InChI is InChI=1S/C32H22ClN3O5/c33-24-15-7-6-14-23(24)30(37)34(17-18-9-1-8-16-25(18)36(40)41)35-31(38)28-26-19-10-2-3-11-20(19)27(29(28)32(35)39)22-13-5-4-12-21(22)26/h1-16,26-29H,17H2/t26?,27?,28-,29-/m0/s1. The number of imide groups is 1. The van der Waals surface area contributed by atoms with Gasteiger partial charge < -0.3 is 0 Å². The number of halogens is 1. The molecule has 0 aromatic heterocycles. The molecule has 0 N–H and O–H groups in total. The molecule has 1 heterocycles. The maximum Gasteiger partial charge on any atom is 0.274 e. The molecule has 202 valence electrons. The summed E-state index contributed by atoms with van der Waals surface area (Å²) in [6, 6.07) is 28.0. The third-order valence-electron chi connectivity index (χ3n) is 8.51. The summed E-state index contributed by atoms with van der Waals surface area (Å²) >= 11 is 6.38. The molecule has 4 aromatic rings. The second-order valence-corrected chi connectivity index (χ2v) is 10.9. The van der Waals surface area contributed by atoms with Crippen molar-refractivity contribution in [1.82, 2.24) is 10.0 Å². The summed E-state index contributed by atoms with van der Waals surface area (Å²) in [5.74, 6) is -3.86. The van der Waals surface area contributed by atoms with Crippen molar-refractivity contribution in [3.63, 3.8) is 0 Å². The third-order valence-corrected chi connectivity index (χ3v) is 8.84. The van der Waals surface area contributed by atoms with Gasteiger partial charge in [0.1, 0.15) is 0 Å². The number of nitrogens with zero attached hydrogens (tertiary/aromatic N) is 3. The highest BCUT2D eigenvalue weighted by Gasteiger charge is 2.63. The number of amides is 3. The summed E-state index contributed by atoms with van der Waals surface area (Å²) in [4.78, 5) is 54.1. The first kappa shape index (κ1) is 25.2. The fourth-order valence-electron chi connectivity index (χ4n) is 6.89. The van der Waals surface area contributed by atoms with Crippen LogP contribution in [-0.2, 0) is 16.1 Å². The molecule has 0 spiro atoms. The average Bonchev–Trinajstić information content (AvgIpc) is 3.26. The molecule has 0 unspecified atom stereocenters. The first-order chi connectivity index (χ1) is 19.9. The molecule has 0 radical (unpaired) electrons. The van der Waals surface area contributed by atoms with E-state index in [1.165, 1.54) is 24.3 Å². The van der Waals surface area contributed by atoms with Gasteiger partial charge in [-0.15, -0.1) is 0 Å². The van der Waals surface area contributed by atoms with Gasteiger partial charge in [0.2, 0.25) is 0 Å². The van der Waals surface area contributed by atoms with Crippen molar-refractivity contribution < 1.29 is 19.3 Å². The largest absolute Gasteiger partial charge is 0.274 e. The summed E-state index contributed by atoms with van der Waals surface area (Å²) in [7, 11) is 0. The van der Waals surface area contributed by atoms with Gasteiger partial charge in [0.15, 0.2) is 0 Å². The van der Waals surface area contributed by atoms with E-state index >= 15 is 0 Å². The smallest absolute Gasteiger partial charge is 0.272 e. The van der Waals surface area contributed by atoms with E-state index in [-0.39, 0.29) is 40.2 Å². The van der Waals surface area contributed by atoms with Crippen molar-refractivity contribution in [2.24, 2.45) is 11.8 Å². The number of carbonyl (C=O) groups excluding carboxylic acids is 3. The van der Waals surface area contributed by atoms with Crippen LogP contribution in [0.3, 0.4) is 0 Å². The Morgan fingerprint density at radius 1 is 0.756 bits per heavy atom. The van der Waals surface area contributed by atoms with Crippen LogP contribution in [0, 0.1) is 22.0 Å². The Labute approximate surface area is 239 Å². The summed E-state index contributed by atoms with van der Waals surface area (Å²) in [5.41, 5.74) is 4.05. The van der Waals surface area contributed by atoms with E-state index < -0.39 is 34.5 Å². The predicted octanol–water partition coefficient (Wildman–Crippen LogP) is 5.70. The van der Waals surface area contributed by atoms with Gasteiger partial charge in [-0.1, -0.05) is 90.5 Å². The van der Waals surface area contributed by atoms with Crippen LogP contribution in [0.1, 0.15) is 50.0 Å². The van der Waals surface area contributed by atoms with Crippen LogP contribution in [-0.4, -0.2) is 32.7 Å². The third kappa shape index (κ3) is 3.64. The van der Waals surface area contributed by atoms with E-state index in [4.69, 9.17) is 11.6 Å². The van der Waals surface area contributed by atoms with E-state index in [2.05, 4.69) is 0 Å². The number of benzene rings is 4. The van der Waals surface area contributed by atoms with Crippen molar-refractivity contribution in [2.75, 3.05) is 0 Å². The van der Waals surface area contributed by atoms with Crippen molar-refractivity contribution >= 4 is 35.0 Å². The maximum atomic E-state index is 14.4. The lowest BCUT2D eigenvalue weighted by Gasteiger charge is -2.45. The molecular weight excluding hydrogens is 542 g/mol. The first-order valence-electron chi connectivity index (χ1n) is 13.2. The fraction of sp³-hybridized carbons (Fsp3) is 0.156. The Balaban J connectivity index is 1.38. The molecule has 8 rings (SSSR count). The van der Waals surface area contributed by atoms with Gasteiger partial charge in [0.25, 0.3) is 23.4 Å². The quantitative estimate of drug-likeness (QED) is 0.176. The minimum Gasteiger partial charge on any atom is -0.272 e. The number of hydrazine groups is 1. The van der Waals surface area contributed by atoms with Crippen LogP contribution < -0.4 is 0 Å². The molecule has 1 aliphatic heterocycles. The number of rotatable bonds is 5. The SMILES string of the molecule is O=C(c1ccccc1Cl)N(Cc1ccccc1[N+](=O)[O-])N1C(=O)[C@H]2C3c4ccccc4C(c4ccccc43)[C@@H]2C1=O. The lowest BCUT2D eigenvalue weighted by Crippen LogP contribution is -2.50. The molecule has 1 fully saturated rings. The monoisotopic (exact) mass is 563 g/mol. The van der Waals surface area contributed by atoms with Crippen LogP contribution >= 0.6 is 11.6 Å². The summed E-state index contributed by atoms with van der Waals surface area (Å²) < 4.78 is 0. The Hall–Kier alpha value is -4.82. The van der Waals surface area contributed by atoms with Gasteiger partial charge in [-0.3, -0.25) is 24.5 Å². The minimum atomic E-state index is -0.718. The molecule has 2 bridgehead atoms.